The molecule has 1 aromatic carbocycles. The molecular formula is C18H25NOS2. The summed E-state index contributed by atoms with van der Waals surface area (Å²) in [5.41, 5.74) is 3.26. The Bertz CT molecular complexity index is 516. The van der Waals surface area contributed by atoms with Crippen LogP contribution in [0.3, 0.4) is 0 Å². The molecule has 0 bridgehead atoms. The summed E-state index contributed by atoms with van der Waals surface area (Å²) in [6.07, 6.45) is 4.82. The van der Waals surface area contributed by atoms with E-state index in [1.54, 1.807) is 5.56 Å². The Balaban J connectivity index is 1.48. The summed E-state index contributed by atoms with van der Waals surface area (Å²) in [5.74, 6) is 4.93. The summed E-state index contributed by atoms with van der Waals surface area (Å²) < 4.78 is 6.17. The van der Waals surface area contributed by atoms with Crippen molar-refractivity contribution in [1.29, 1.82) is 0 Å². The Kier molecular flexibility index (Phi) is 4.72. The average molecular weight is 336 g/mol. The number of rotatable bonds is 2. The van der Waals surface area contributed by atoms with E-state index in [2.05, 4.69) is 53.1 Å². The van der Waals surface area contributed by atoms with E-state index < -0.39 is 0 Å². The highest BCUT2D eigenvalue weighted by Gasteiger charge is 2.41. The van der Waals surface area contributed by atoms with Crippen molar-refractivity contribution in [2.75, 3.05) is 29.6 Å². The molecule has 3 aliphatic heterocycles. The molecule has 0 radical (unpaired) electrons. The molecule has 4 heteroatoms. The van der Waals surface area contributed by atoms with Gasteiger partial charge in [-0.2, -0.15) is 23.5 Å². The van der Waals surface area contributed by atoms with Crippen LogP contribution in [-0.2, 0) is 11.2 Å². The minimum absolute atomic E-state index is 0.179. The molecule has 4 rings (SSSR count). The molecule has 0 aromatic heterocycles. The Hall–Kier alpha value is -0.160. The minimum atomic E-state index is 0.179. The van der Waals surface area contributed by atoms with Crippen LogP contribution in [0, 0.1) is 0 Å². The van der Waals surface area contributed by atoms with Crippen molar-refractivity contribution in [3.8, 4) is 0 Å². The van der Waals surface area contributed by atoms with Crippen LogP contribution in [0.2, 0.25) is 0 Å². The van der Waals surface area contributed by atoms with Crippen molar-refractivity contribution in [3.05, 3.63) is 35.4 Å². The third kappa shape index (κ3) is 3.21. The summed E-state index contributed by atoms with van der Waals surface area (Å²) in [5, 5.41) is 4.00. The van der Waals surface area contributed by atoms with Gasteiger partial charge in [-0.1, -0.05) is 24.3 Å². The van der Waals surface area contributed by atoms with Gasteiger partial charge in [-0.15, -0.1) is 0 Å². The van der Waals surface area contributed by atoms with E-state index in [1.807, 2.05) is 0 Å². The molecule has 1 N–H and O–H groups in total. The van der Waals surface area contributed by atoms with Gasteiger partial charge in [-0.25, -0.2) is 0 Å². The summed E-state index contributed by atoms with van der Waals surface area (Å²) in [6.45, 7) is 0.930. The minimum Gasteiger partial charge on any atom is -0.374 e. The van der Waals surface area contributed by atoms with E-state index in [0.29, 0.717) is 12.1 Å². The maximum Gasteiger partial charge on any atom is 0.0795 e. The number of fused-ring (bicyclic) bond motifs is 1. The highest BCUT2D eigenvalue weighted by molar-refractivity contribution is 7.99. The second-order valence-electron chi connectivity index (χ2n) is 6.77. The fraction of sp³-hybridized carbons (Fsp3) is 0.667. The topological polar surface area (TPSA) is 21.3 Å². The van der Waals surface area contributed by atoms with E-state index in [1.165, 1.54) is 47.8 Å². The van der Waals surface area contributed by atoms with Gasteiger partial charge in [0.25, 0.3) is 0 Å². The van der Waals surface area contributed by atoms with Crippen LogP contribution in [-0.4, -0.2) is 41.3 Å². The number of aryl methyl sites for hydroxylation is 1. The monoisotopic (exact) mass is 335 g/mol. The van der Waals surface area contributed by atoms with Gasteiger partial charge < -0.3 is 10.1 Å². The first-order chi connectivity index (χ1) is 10.8. The van der Waals surface area contributed by atoms with Crippen molar-refractivity contribution in [3.63, 3.8) is 0 Å². The fourth-order valence-corrected chi connectivity index (χ4v) is 6.45. The van der Waals surface area contributed by atoms with Gasteiger partial charge in [0.2, 0.25) is 0 Å². The lowest BCUT2D eigenvalue weighted by molar-refractivity contribution is -0.0711. The summed E-state index contributed by atoms with van der Waals surface area (Å²) >= 11 is 4.16. The number of thioether (sulfide) groups is 2. The molecule has 3 atom stereocenters. The zero-order valence-corrected chi connectivity index (χ0v) is 14.7. The molecule has 3 heterocycles. The van der Waals surface area contributed by atoms with Crippen molar-refractivity contribution in [2.45, 2.75) is 43.4 Å². The van der Waals surface area contributed by atoms with Gasteiger partial charge in [0.15, 0.2) is 0 Å². The SMILES string of the molecule is c1ccc2c(c1)CCSC[C@@H]2N[C@@H]1CCO[C@@]2(CCSC2)C1. The lowest BCUT2D eigenvalue weighted by Crippen LogP contribution is -2.48. The standard InChI is InChI=1S/C18H25NOS2/c1-2-4-16-14(3-1)6-9-21-12-17(16)19-15-5-8-20-18(11-15)7-10-22-13-18/h1-4,15,17,19H,5-13H2/t15-,17+,18+/m1/s1. The molecule has 3 aliphatic rings. The predicted molar refractivity (Wildman–Crippen MR) is 97.0 cm³/mol. The van der Waals surface area contributed by atoms with E-state index in [4.69, 9.17) is 4.74 Å². The number of ether oxygens (including phenoxy) is 1. The number of hydrogen-bond acceptors (Lipinski definition) is 4. The first kappa shape index (κ1) is 15.4. The second kappa shape index (κ2) is 6.76. The van der Waals surface area contributed by atoms with Gasteiger partial charge in [0.1, 0.15) is 0 Å². The third-order valence-electron chi connectivity index (χ3n) is 5.23. The maximum absolute atomic E-state index is 6.17. The van der Waals surface area contributed by atoms with Crippen LogP contribution in [0.4, 0.5) is 0 Å². The lowest BCUT2D eigenvalue weighted by atomic mass is 9.89. The highest BCUT2D eigenvalue weighted by Crippen LogP contribution is 2.39. The smallest absolute Gasteiger partial charge is 0.0795 e. The molecule has 22 heavy (non-hydrogen) atoms. The molecule has 0 saturated carbocycles. The Labute approximate surface area is 142 Å². The lowest BCUT2D eigenvalue weighted by Gasteiger charge is -2.39. The van der Waals surface area contributed by atoms with Gasteiger partial charge in [0.05, 0.1) is 5.60 Å². The quantitative estimate of drug-likeness (QED) is 0.890. The average Bonchev–Trinajstić information content (AvgIpc) is 2.88. The van der Waals surface area contributed by atoms with Crippen LogP contribution in [0.15, 0.2) is 24.3 Å². The molecule has 0 unspecified atom stereocenters. The predicted octanol–water partition coefficient (Wildman–Crippen LogP) is 3.66. The van der Waals surface area contributed by atoms with Gasteiger partial charge in [0, 0.05) is 30.2 Å². The van der Waals surface area contributed by atoms with Crippen molar-refractivity contribution in [2.24, 2.45) is 0 Å². The van der Waals surface area contributed by atoms with Crippen LogP contribution in [0.25, 0.3) is 0 Å². The van der Waals surface area contributed by atoms with Crippen LogP contribution in [0.1, 0.15) is 36.4 Å². The molecule has 0 amide bonds. The first-order valence-corrected chi connectivity index (χ1v) is 10.8. The first-order valence-electron chi connectivity index (χ1n) is 8.48. The summed E-state index contributed by atoms with van der Waals surface area (Å²) in [7, 11) is 0. The Morgan fingerprint density at radius 1 is 1.18 bits per heavy atom. The van der Waals surface area contributed by atoms with Gasteiger partial charge >= 0.3 is 0 Å². The summed E-state index contributed by atoms with van der Waals surface area (Å²) in [4.78, 5) is 0. The maximum atomic E-state index is 6.17. The van der Waals surface area contributed by atoms with Crippen molar-refractivity contribution in [1.82, 2.24) is 5.32 Å². The van der Waals surface area contributed by atoms with Gasteiger partial charge in [-0.3, -0.25) is 0 Å². The Morgan fingerprint density at radius 3 is 3.05 bits per heavy atom. The largest absolute Gasteiger partial charge is 0.374 e. The highest BCUT2D eigenvalue weighted by atomic mass is 32.2. The molecule has 0 aliphatic carbocycles. The van der Waals surface area contributed by atoms with E-state index in [9.17, 15) is 0 Å². The number of hydrogen-bond donors (Lipinski definition) is 1. The number of nitrogens with one attached hydrogen (secondary N) is 1. The third-order valence-corrected chi connectivity index (χ3v) is 7.51. The van der Waals surface area contributed by atoms with E-state index in [-0.39, 0.29) is 5.60 Å². The number of benzene rings is 1. The normalized spacial score (nSPS) is 35.3. The van der Waals surface area contributed by atoms with E-state index >= 15 is 0 Å². The molecule has 1 spiro atoms. The van der Waals surface area contributed by atoms with Gasteiger partial charge in [-0.05, 0) is 48.3 Å². The van der Waals surface area contributed by atoms with E-state index in [0.717, 1.165) is 13.0 Å². The molecule has 2 nitrogen and oxygen atoms in total. The molecule has 2 saturated heterocycles. The molecule has 120 valence electrons. The molecule has 2 fully saturated rings. The zero-order valence-electron chi connectivity index (χ0n) is 13.1. The van der Waals surface area contributed by atoms with Crippen LogP contribution in [0.5, 0.6) is 0 Å². The van der Waals surface area contributed by atoms with Crippen molar-refractivity contribution < 1.29 is 4.74 Å². The van der Waals surface area contributed by atoms with Crippen LogP contribution < -0.4 is 5.32 Å². The Morgan fingerprint density at radius 2 is 2.14 bits per heavy atom. The van der Waals surface area contributed by atoms with Crippen LogP contribution >= 0.6 is 23.5 Å². The molecule has 1 aromatic rings. The zero-order chi connectivity index (χ0) is 14.8. The summed E-state index contributed by atoms with van der Waals surface area (Å²) in [6, 6.07) is 10.2. The molecular weight excluding hydrogens is 310 g/mol. The fourth-order valence-electron chi connectivity index (χ4n) is 4.03. The van der Waals surface area contributed by atoms with Crippen molar-refractivity contribution >= 4 is 23.5 Å². The second-order valence-corrected chi connectivity index (χ2v) is 9.02.